The monoisotopic (exact) mass is 482 g/mol. The van der Waals surface area contributed by atoms with Crippen molar-refractivity contribution >= 4 is 46.2 Å². The van der Waals surface area contributed by atoms with E-state index in [0.717, 1.165) is 43.1 Å². The molecule has 0 saturated carbocycles. The first kappa shape index (κ1) is 23.4. The lowest BCUT2D eigenvalue weighted by Gasteiger charge is -2.35. The number of nitrogens with zero attached hydrogens (tertiary/aromatic N) is 4. The first-order valence-corrected chi connectivity index (χ1v) is 12.1. The summed E-state index contributed by atoms with van der Waals surface area (Å²) in [6.07, 6.45) is 4.50. The Kier molecular flexibility index (Phi) is 7.74. The first-order valence-electron chi connectivity index (χ1n) is 10.8. The maximum atomic E-state index is 12.9. The number of thiocarbonyl (C=S) groups is 1. The predicted molar refractivity (Wildman–Crippen MR) is 134 cm³/mol. The molecule has 2 amide bonds. The minimum atomic E-state index is -0.219. The highest BCUT2D eigenvalue weighted by Crippen LogP contribution is 2.32. The number of thioether (sulfide) groups is 1. The lowest BCUT2D eigenvalue weighted by atomic mass is 10.2. The summed E-state index contributed by atoms with van der Waals surface area (Å²) in [5.41, 5.74) is 1.96. The lowest BCUT2D eigenvalue weighted by molar-refractivity contribution is -0.136. The number of pyridine rings is 1. The van der Waals surface area contributed by atoms with Gasteiger partial charge in [0.1, 0.15) is 16.6 Å². The van der Waals surface area contributed by atoms with Crippen molar-refractivity contribution in [1.29, 1.82) is 0 Å². The van der Waals surface area contributed by atoms with Crippen LogP contribution in [0.25, 0.3) is 6.08 Å². The van der Waals surface area contributed by atoms with Gasteiger partial charge in [-0.05, 0) is 35.9 Å². The van der Waals surface area contributed by atoms with Crippen LogP contribution >= 0.6 is 24.0 Å². The van der Waals surface area contributed by atoms with Crippen molar-refractivity contribution in [1.82, 2.24) is 19.7 Å². The summed E-state index contributed by atoms with van der Waals surface area (Å²) in [5.74, 6) is 0.465. The van der Waals surface area contributed by atoms with Gasteiger partial charge in [0.15, 0.2) is 0 Å². The van der Waals surface area contributed by atoms with Gasteiger partial charge in [-0.3, -0.25) is 24.4 Å². The number of hydrogen-bond donors (Lipinski definition) is 0. The third-order valence-corrected chi connectivity index (χ3v) is 7.09. The molecule has 0 N–H and O–H groups in total. The molecule has 9 heteroatoms. The molecule has 0 bridgehead atoms. The molecule has 2 fully saturated rings. The van der Waals surface area contributed by atoms with E-state index >= 15 is 0 Å². The highest BCUT2D eigenvalue weighted by Gasteiger charge is 2.34. The Morgan fingerprint density at radius 3 is 2.58 bits per heavy atom. The maximum absolute atomic E-state index is 12.9. The number of amides is 2. The number of carbonyl (C=O) groups is 2. The Bertz CT molecular complexity index is 1040. The molecule has 0 radical (unpaired) electrons. The summed E-state index contributed by atoms with van der Waals surface area (Å²) >= 11 is 6.63. The molecule has 3 heterocycles. The second-order valence-electron chi connectivity index (χ2n) is 7.83. The van der Waals surface area contributed by atoms with Crippen LogP contribution < -0.4 is 4.74 Å². The number of aromatic nitrogens is 1. The van der Waals surface area contributed by atoms with Gasteiger partial charge in [-0.25, -0.2) is 0 Å². The zero-order valence-electron chi connectivity index (χ0n) is 18.5. The second kappa shape index (κ2) is 10.9. The summed E-state index contributed by atoms with van der Waals surface area (Å²) in [5, 5.41) is 0. The Labute approximate surface area is 203 Å². The fourth-order valence-electron chi connectivity index (χ4n) is 3.76. The number of rotatable bonds is 7. The molecule has 1 aromatic heterocycles. The Hall–Kier alpha value is -2.75. The first-order chi connectivity index (χ1) is 16.0. The summed E-state index contributed by atoms with van der Waals surface area (Å²) < 4.78 is 5.59. The number of ether oxygens (including phenoxy) is 1. The molecule has 4 rings (SSSR count). The average molecular weight is 483 g/mol. The zero-order valence-corrected chi connectivity index (χ0v) is 20.1. The summed E-state index contributed by atoms with van der Waals surface area (Å²) in [6.45, 7) is 3.83. The highest BCUT2D eigenvalue weighted by molar-refractivity contribution is 8.26. The van der Waals surface area contributed by atoms with Crippen LogP contribution in [0.3, 0.4) is 0 Å². The van der Waals surface area contributed by atoms with Crippen LogP contribution in [0.15, 0.2) is 53.6 Å². The van der Waals surface area contributed by atoms with Gasteiger partial charge in [-0.2, -0.15) is 0 Å². The number of benzene rings is 1. The Balaban J connectivity index is 1.28. The molecule has 33 heavy (non-hydrogen) atoms. The summed E-state index contributed by atoms with van der Waals surface area (Å²) in [7, 11) is 1.61. The third kappa shape index (κ3) is 5.98. The second-order valence-corrected chi connectivity index (χ2v) is 9.51. The number of methoxy groups -OCH3 is 1. The molecule has 0 spiro atoms. The van der Waals surface area contributed by atoms with Crippen LogP contribution in [0.1, 0.15) is 11.3 Å². The van der Waals surface area contributed by atoms with E-state index in [1.165, 1.54) is 16.7 Å². The Morgan fingerprint density at radius 1 is 1.15 bits per heavy atom. The molecular weight excluding hydrogens is 456 g/mol. The van der Waals surface area contributed by atoms with E-state index in [9.17, 15) is 9.59 Å². The fourth-order valence-corrected chi connectivity index (χ4v) is 5.02. The molecule has 172 valence electrons. The van der Waals surface area contributed by atoms with Crippen molar-refractivity contribution in [2.75, 3.05) is 46.4 Å². The largest absolute Gasteiger partial charge is 0.497 e. The van der Waals surface area contributed by atoms with Gasteiger partial charge in [0, 0.05) is 51.0 Å². The molecule has 2 aliphatic heterocycles. The molecule has 0 aliphatic carbocycles. The van der Waals surface area contributed by atoms with Gasteiger partial charge in [0.25, 0.3) is 5.91 Å². The molecular formula is C24H26N4O3S2. The van der Waals surface area contributed by atoms with Crippen molar-refractivity contribution in [2.45, 2.75) is 6.42 Å². The topological polar surface area (TPSA) is 66.0 Å². The van der Waals surface area contributed by atoms with Gasteiger partial charge in [0.2, 0.25) is 5.91 Å². The molecule has 2 saturated heterocycles. The minimum Gasteiger partial charge on any atom is -0.497 e. The van der Waals surface area contributed by atoms with E-state index in [1.54, 1.807) is 13.2 Å². The third-order valence-electron chi connectivity index (χ3n) is 5.72. The van der Waals surface area contributed by atoms with Crippen LogP contribution in [0, 0.1) is 0 Å². The van der Waals surface area contributed by atoms with Crippen LogP contribution in [-0.4, -0.2) is 82.2 Å². The van der Waals surface area contributed by atoms with Crippen molar-refractivity contribution in [3.8, 4) is 5.75 Å². The van der Waals surface area contributed by atoms with Gasteiger partial charge in [-0.15, -0.1) is 0 Å². The molecule has 0 unspecified atom stereocenters. The normalized spacial score (nSPS) is 18.3. The average Bonchev–Trinajstić information content (AvgIpc) is 3.11. The van der Waals surface area contributed by atoms with Gasteiger partial charge in [0.05, 0.1) is 12.0 Å². The summed E-state index contributed by atoms with van der Waals surface area (Å²) in [4.78, 5) is 36.2. The van der Waals surface area contributed by atoms with Crippen molar-refractivity contribution in [3.05, 3.63) is 64.8 Å². The van der Waals surface area contributed by atoms with E-state index in [2.05, 4.69) is 9.88 Å². The van der Waals surface area contributed by atoms with E-state index < -0.39 is 0 Å². The zero-order chi connectivity index (χ0) is 23.2. The summed E-state index contributed by atoms with van der Waals surface area (Å²) in [6, 6.07) is 13.4. The van der Waals surface area contributed by atoms with E-state index in [-0.39, 0.29) is 18.4 Å². The van der Waals surface area contributed by atoms with E-state index in [1.807, 2.05) is 53.6 Å². The van der Waals surface area contributed by atoms with Crippen LogP contribution in [0.4, 0.5) is 0 Å². The predicted octanol–water partition coefficient (Wildman–Crippen LogP) is 2.68. The van der Waals surface area contributed by atoms with Crippen LogP contribution in [-0.2, 0) is 16.0 Å². The number of piperazine rings is 1. The van der Waals surface area contributed by atoms with Crippen LogP contribution in [0.5, 0.6) is 5.75 Å². The maximum Gasteiger partial charge on any atom is 0.266 e. The SMILES string of the molecule is COc1ccc(/C=C2\SC(=S)N(CC(=O)N3CCN(CCc4ccccn4)CC3)C2=O)cc1. The van der Waals surface area contributed by atoms with Gasteiger partial charge >= 0.3 is 0 Å². The quantitative estimate of drug-likeness (QED) is 0.444. The molecule has 2 aromatic rings. The van der Waals surface area contributed by atoms with Crippen molar-refractivity contribution < 1.29 is 14.3 Å². The van der Waals surface area contributed by atoms with Gasteiger partial charge < -0.3 is 9.64 Å². The molecule has 7 nitrogen and oxygen atoms in total. The Morgan fingerprint density at radius 2 is 1.91 bits per heavy atom. The molecule has 2 aliphatic rings. The minimum absolute atomic E-state index is 0.0153. The van der Waals surface area contributed by atoms with Crippen LogP contribution in [0.2, 0.25) is 0 Å². The van der Waals surface area contributed by atoms with Gasteiger partial charge in [-0.1, -0.05) is 42.2 Å². The fraction of sp³-hybridized carbons (Fsp3) is 0.333. The smallest absolute Gasteiger partial charge is 0.266 e. The number of carbonyl (C=O) groups excluding carboxylic acids is 2. The van der Waals surface area contributed by atoms with E-state index in [4.69, 9.17) is 17.0 Å². The molecule has 0 atom stereocenters. The van der Waals surface area contributed by atoms with E-state index in [0.29, 0.717) is 22.3 Å². The molecule has 1 aromatic carbocycles. The highest BCUT2D eigenvalue weighted by atomic mass is 32.2. The lowest BCUT2D eigenvalue weighted by Crippen LogP contribution is -2.51. The van der Waals surface area contributed by atoms with Crippen molar-refractivity contribution in [3.63, 3.8) is 0 Å². The standard InChI is InChI=1S/C24H26N4O3S2/c1-31-20-7-5-18(6-8-20)16-21-23(30)28(24(32)33-21)17-22(29)27-14-12-26(13-15-27)11-9-19-4-2-3-10-25-19/h2-8,10,16H,9,11-15,17H2,1H3/b21-16-. The number of hydrogen-bond acceptors (Lipinski definition) is 7. The van der Waals surface area contributed by atoms with Crippen molar-refractivity contribution in [2.24, 2.45) is 0 Å².